The molecule has 1 rings (SSSR count). The Morgan fingerprint density at radius 1 is 1.36 bits per heavy atom. The number of hydrogen-bond donors (Lipinski definition) is 1. The summed E-state index contributed by atoms with van der Waals surface area (Å²) in [5.74, 6) is -0.228. The second-order valence-corrected chi connectivity index (χ2v) is 3.40. The van der Waals surface area contributed by atoms with Crippen LogP contribution in [0.15, 0.2) is 12.1 Å². The van der Waals surface area contributed by atoms with Gasteiger partial charge >= 0.3 is 5.97 Å². The highest BCUT2D eigenvalue weighted by atomic mass is 16.5. The molecule has 3 nitrogen and oxygen atoms in total. The van der Waals surface area contributed by atoms with Crippen LogP contribution in [-0.2, 0) is 16.0 Å². The molecule has 0 atom stereocenters. The van der Waals surface area contributed by atoms with Gasteiger partial charge in [-0.2, -0.15) is 0 Å². The molecule has 0 heterocycles. The summed E-state index contributed by atoms with van der Waals surface area (Å²) in [7, 11) is 1.39. The predicted molar refractivity (Wildman–Crippen MR) is 56.0 cm³/mol. The molecule has 1 aromatic rings. The van der Waals surface area contributed by atoms with E-state index in [-0.39, 0.29) is 5.97 Å². The number of benzene rings is 1. The molecule has 0 unspecified atom stereocenters. The quantitative estimate of drug-likeness (QED) is 0.573. The number of carbonyl (C=O) groups excluding carboxylic acids is 1. The predicted octanol–water partition coefficient (Wildman–Crippen LogP) is 1.60. The van der Waals surface area contributed by atoms with Crippen molar-refractivity contribution in [3.05, 3.63) is 28.8 Å². The Balaban J connectivity index is 2.95. The van der Waals surface area contributed by atoms with E-state index in [1.165, 1.54) is 7.11 Å². The molecule has 0 aromatic heterocycles. The number of aryl methyl sites for hydroxylation is 2. The smallest absolute Gasteiger partial charge is 0.309 e. The summed E-state index contributed by atoms with van der Waals surface area (Å²) in [5.41, 5.74) is 9.54. The van der Waals surface area contributed by atoms with Crippen molar-refractivity contribution in [2.45, 2.75) is 20.3 Å². The van der Waals surface area contributed by atoms with E-state index in [4.69, 9.17) is 5.73 Å². The van der Waals surface area contributed by atoms with Crippen molar-refractivity contribution in [2.24, 2.45) is 0 Å². The van der Waals surface area contributed by atoms with Crippen LogP contribution in [0.25, 0.3) is 0 Å². The Kier molecular flexibility index (Phi) is 3.12. The Bertz CT molecular complexity index is 335. The van der Waals surface area contributed by atoms with E-state index in [1.54, 1.807) is 0 Å². The lowest BCUT2D eigenvalue weighted by Crippen LogP contribution is -2.05. The number of carbonyl (C=O) groups is 1. The van der Waals surface area contributed by atoms with Crippen LogP contribution < -0.4 is 5.73 Å². The van der Waals surface area contributed by atoms with Gasteiger partial charge in [-0.1, -0.05) is 12.1 Å². The fraction of sp³-hybridized carbons (Fsp3) is 0.364. The lowest BCUT2D eigenvalue weighted by Gasteiger charge is -2.07. The first kappa shape index (κ1) is 10.6. The number of nitrogens with two attached hydrogens (primary N) is 1. The molecule has 1 aromatic carbocycles. The fourth-order valence-corrected chi connectivity index (χ4v) is 1.41. The van der Waals surface area contributed by atoms with E-state index in [2.05, 4.69) is 4.74 Å². The monoisotopic (exact) mass is 193 g/mol. The molecule has 0 fully saturated rings. The first-order valence-corrected chi connectivity index (χ1v) is 4.47. The van der Waals surface area contributed by atoms with E-state index < -0.39 is 0 Å². The van der Waals surface area contributed by atoms with Crippen LogP contribution >= 0.6 is 0 Å². The number of methoxy groups -OCH3 is 1. The molecule has 0 saturated carbocycles. The number of ether oxygens (including phenoxy) is 1. The van der Waals surface area contributed by atoms with Crippen LogP contribution in [0.1, 0.15) is 16.7 Å². The van der Waals surface area contributed by atoms with Gasteiger partial charge in [-0.05, 0) is 30.5 Å². The molecule has 76 valence electrons. The van der Waals surface area contributed by atoms with Gasteiger partial charge in [0.25, 0.3) is 0 Å². The van der Waals surface area contributed by atoms with Gasteiger partial charge < -0.3 is 10.5 Å². The highest BCUT2D eigenvalue weighted by Gasteiger charge is 2.06. The van der Waals surface area contributed by atoms with Gasteiger partial charge in [0.15, 0.2) is 0 Å². The van der Waals surface area contributed by atoms with Crippen molar-refractivity contribution < 1.29 is 9.53 Å². The van der Waals surface area contributed by atoms with Crippen molar-refractivity contribution in [1.82, 2.24) is 0 Å². The van der Waals surface area contributed by atoms with Crippen molar-refractivity contribution in [1.29, 1.82) is 0 Å². The molecule has 0 bridgehead atoms. The molecule has 0 amide bonds. The number of rotatable bonds is 2. The first-order chi connectivity index (χ1) is 6.54. The molecule has 14 heavy (non-hydrogen) atoms. The summed E-state index contributed by atoms with van der Waals surface area (Å²) >= 11 is 0. The van der Waals surface area contributed by atoms with Crippen molar-refractivity contribution in [2.75, 3.05) is 12.8 Å². The Hall–Kier alpha value is -1.51. The van der Waals surface area contributed by atoms with Crippen molar-refractivity contribution in [3.63, 3.8) is 0 Å². The second-order valence-electron chi connectivity index (χ2n) is 3.40. The highest BCUT2D eigenvalue weighted by molar-refractivity contribution is 5.73. The van der Waals surface area contributed by atoms with E-state index in [0.29, 0.717) is 6.42 Å². The third-order valence-corrected chi connectivity index (χ3v) is 2.23. The normalized spacial score (nSPS) is 9.93. The molecular formula is C11H15NO2. The molecular weight excluding hydrogens is 178 g/mol. The second kappa shape index (κ2) is 4.13. The number of esters is 1. The van der Waals surface area contributed by atoms with Gasteiger partial charge in [0.05, 0.1) is 13.5 Å². The zero-order valence-electron chi connectivity index (χ0n) is 8.76. The maximum Gasteiger partial charge on any atom is 0.309 e. The van der Waals surface area contributed by atoms with Gasteiger partial charge in [0.1, 0.15) is 0 Å². The van der Waals surface area contributed by atoms with Gasteiger partial charge in [-0.3, -0.25) is 4.79 Å². The number of hydrogen-bond acceptors (Lipinski definition) is 3. The molecule has 0 aliphatic heterocycles. The summed E-state index contributed by atoms with van der Waals surface area (Å²) in [6.45, 7) is 3.87. The average Bonchev–Trinajstić information content (AvgIpc) is 2.14. The SMILES string of the molecule is COC(=O)Cc1cc(C)c(N)c(C)c1. The van der Waals surface area contributed by atoms with Crippen LogP contribution in [0, 0.1) is 13.8 Å². The lowest BCUT2D eigenvalue weighted by molar-refractivity contribution is -0.139. The minimum absolute atomic E-state index is 0.228. The lowest BCUT2D eigenvalue weighted by atomic mass is 10.0. The summed E-state index contributed by atoms with van der Waals surface area (Å²) in [6.07, 6.45) is 0.304. The molecule has 0 saturated heterocycles. The average molecular weight is 193 g/mol. The van der Waals surface area contributed by atoms with Gasteiger partial charge in [-0.15, -0.1) is 0 Å². The summed E-state index contributed by atoms with van der Waals surface area (Å²) in [6, 6.07) is 3.83. The maximum absolute atomic E-state index is 11.0. The number of anilines is 1. The van der Waals surface area contributed by atoms with Crippen molar-refractivity contribution >= 4 is 11.7 Å². The molecule has 0 aliphatic carbocycles. The largest absolute Gasteiger partial charge is 0.469 e. The Morgan fingerprint density at radius 2 is 1.86 bits per heavy atom. The van der Waals surface area contributed by atoms with Crippen LogP contribution in [-0.4, -0.2) is 13.1 Å². The highest BCUT2D eigenvalue weighted by Crippen LogP contribution is 2.18. The molecule has 0 spiro atoms. The van der Waals surface area contributed by atoms with E-state index in [0.717, 1.165) is 22.4 Å². The number of nitrogen functional groups attached to an aromatic ring is 1. The molecule has 0 aliphatic rings. The van der Waals surface area contributed by atoms with Gasteiger partial charge in [0, 0.05) is 5.69 Å². The standard InChI is InChI=1S/C11H15NO2/c1-7-4-9(6-10(13)14-3)5-8(2)11(7)12/h4-5H,6,12H2,1-3H3. The fourth-order valence-electron chi connectivity index (χ4n) is 1.41. The van der Waals surface area contributed by atoms with Crippen LogP contribution in [0.3, 0.4) is 0 Å². The van der Waals surface area contributed by atoms with E-state index in [1.807, 2.05) is 26.0 Å². The summed E-state index contributed by atoms with van der Waals surface area (Å²) in [4.78, 5) is 11.0. The Morgan fingerprint density at radius 3 is 2.29 bits per heavy atom. The maximum atomic E-state index is 11.0. The third kappa shape index (κ3) is 2.25. The van der Waals surface area contributed by atoms with Gasteiger partial charge in [-0.25, -0.2) is 0 Å². The van der Waals surface area contributed by atoms with E-state index >= 15 is 0 Å². The zero-order valence-corrected chi connectivity index (χ0v) is 8.76. The minimum Gasteiger partial charge on any atom is -0.469 e. The molecule has 2 N–H and O–H groups in total. The third-order valence-electron chi connectivity index (χ3n) is 2.23. The summed E-state index contributed by atoms with van der Waals surface area (Å²) in [5, 5.41) is 0. The Labute approximate surface area is 83.9 Å². The molecule has 0 radical (unpaired) electrons. The molecule has 3 heteroatoms. The minimum atomic E-state index is -0.228. The van der Waals surface area contributed by atoms with Crippen LogP contribution in [0.2, 0.25) is 0 Å². The summed E-state index contributed by atoms with van der Waals surface area (Å²) < 4.78 is 4.59. The van der Waals surface area contributed by atoms with Crippen LogP contribution in [0.5, 0.6) is 0 Å². The van der Waals surface area contributed by atoms with Gasteiger partial charge in [0.2, 0.25) is 0 Å². The zero-order chi connectivity index (χ0) is 10.7. The van der Waals surface area contributed by atoms with Crippen molar-refractivity contribution in [3.8, 4) is 0 Å². The van der Waals surface area contributed by atoms with E-state index in [9.17, 15) is 4.79 Å². The topological polar surface area (TPSA) is 52.3 Å². The first-order valence-electron chi connectivity index (χ1n) is 4.47. The van der Waals surface area contributed by atoms with Crippen LogP contribution in [0.4, 0.5) is 5.69 Å².